The van der Waals surface area contributed by atoms with E-state index in [1.54, 1.807) is 0 Å². The molecule has 0 bridgehead atoms. The first-order chi connectivity index (χ1) is 5.61. The van der Waals surface area contributed by atoms with Crippen molar-refractivity contribution in [3.05, 3.63) is 0 Å². The maximum absolute atomic E-state index is 11.1. The van der Waals surface area contributed by atoms with Gasteiger partial charge in [0.25, 0.3) is 0 Å². The number of carbonyl (C=O) groups is 1. The Labute approximate surface area is 73.7 Å². The van der Waals surface area contributed by atoms with Crippen LogP contribution in [0.15, 0.2) is 0 Å². The summed E-state index contributed by atoms with van der Waals surface area (Å²) >= 11 is 0. The Balaban J connectivity index is 3.56. The first kappa shape index (κ1) is 11.4. The molecule has 0 aliphatic carbocycles. The molecule has 0 rings (SSSR count). The van der Waals surface area contributed by atoms with Gasteiger partial charge in [-0.05, 0) is 6.42 Å². The van der Waals surface area contributed by atoms with Crippen LogP contribution in [0, 0.1) is 11.8 Å². The number of esters is 1. The summed E-state index contributed by atoms with van der Waals surface area (Å²) in [5.41, 5.74) is 0. The fraction of sp³-hybridized carbons (Fsp3) is 0.889. The lowest BCUT2D eigenvalue weighted by atomic mass is 10.1. The van der Waals surface area contributed by atoms with Crippen molar-refractivity contribution in [1.29, 1.82) is 0 Å². The highest BCUT2D eigenvalue weighted by atomic mass is 16.5. The predicted molar refractivity (Wildman–Crippen MR) is 46.7 cm³/mol. The highest BCUT2D eigenvalue weighted by molar-refractivity contribution is 5.71. The maximum atomic E-state index is 11.1. The zero-order valence-corrected chi connectivity index (χ0v) is 8.04. The van der Waals surface area contributed by atoms with Crippen molar-refractivity contribution in [3.63, 3.8) is 0 Å². The second kappa shape index (κ2) is 6.00. The van der Waals surface area contributed by atoms with E-state index >= 15 is 0 Å². The minimum absolute atomic E-state index is 0.0316. The van der Waals surface area contributed by atoms with E-state index in [-0.39, 0.29) is 24.4 Å². The van der Waals surface area contributed by atoms with Crippen LogP contribution in [-0.4, -0.2) is 24.3 Å². The van der Waals surface area contributed by atoms with Crippen molar-refractivity contribution in [1.82, 2.24) is 0 Å². The van der Waals surface area contributed by atoms with Crippen LogP contribution in [0.4, 0.5) is 0 Å². The fourth-order valence-electron chi connectivity index (χ4n) is 0.586. The third kappa shape index (κ3) is 4.34. The zero-order chi connectivity index (χ0) is 9.56. The molecule has 0 fully saturated rings. The van der Waals surface area contributed by atoms with E-state index in [4.69, 9.17) is 9.84 Å². The Hall–Kier alpha value is -0.570. The standard InChI is InChI=1S/C9H18O3/c1-4-8(3)9(11)12-6-7(2)5-10/h7-8,10H,4-6H2,1-3H3. The molecule has 0 saturated carbocycles. The molecule has 0 spiro atoms. The first-order valence-electron chi connectivity index (χ1n) is 4.39. The van der Waals surface area contributed by atoms with Crippen LogP contribution >= 0.6 is 0 Å². The van der Waals surface area contributed by atoms with Gasteiger partial charge in [-0.15, -0.1) is 0 Å². The number of aliphatic hydroxyl groups is 1. The van der Waals surface area contributed by atoms with Crippen molar-refractivity contribution >= 4 is 5.97 Å². The van der Waals surface area contributed by atoms with E-state index in [0.717, 1.165) is 6.42 Å². The lowest BCUT2D eigenvalue weighted by molar-refractivity contribution is -0.149. The van der Waals surface area contributed by atoms with Gasteiger partial charge in [-0.1, -0.05) is 20.8 Å². The molecular formula is C9H18O3. The lowest BCUT2D eigenvalue weighted by Gasteiger charge is -2.11. The Bertz CT molecular complexity index is 134. The highest BCUT2D eigenvalue weighted by Gasteiger charge is 2.12. The number of hydrogen-bond donors (Lipinski definition) is 1. The van der Waals surface area contributed by atoms with Gasteiger partial charge in [0.2, 0.25) is 0 Å². The van der Waals surface area contributed by atoms with Crippen molar-refractivity contribution in [3.8, 4) is 0 Å². The average molecular weight is 174 g/mol. The van der Waals surface area contributed by atoms with Gasteiger partial charge in [-0.3, -0.25) is 4.79 Å². The SMILES string of the molecule is CCC(C)C(=O)OCC(C)CO. The van der Waals surface area contributed by atoms with E-state index in [2.05, 4.69) is 0 Å². The molecule has 1 N–H and O–H groups in total. The molecule has 3 heteroatoms. The molecule has 0 aromatic rings. The quantitative estimate of drug-likeness (QED) is 0.637. The Morgan fingerprint density at radius 2 is 2.08 bits per heavy atom. The van der Waals surface area contributed by atoms with Crippen LogP contribution < -0.4 is 0 Å². The topological polar surface area (TPSA) is 46.5 Å². The van der Waals surface area contributed by atoms with Crippen LogP contribution in [0.5, 0.6) is 0 Å². The summed E-state index contributed by atoms with van der Waals surface area (Å²) in [6.07, 6.45) is 0.798. The zero-order valence-electron chi connectivity index (χ0n) is 8.04. The second-order valence-electron chi connectivity index (χ2n) is 3.23. The summed E-state index contributed by atoms with van der Waals surface area (Å²) in [5.74, 6) is -0.160. The van der Waals surface area contributed by atoms with Gasteiger partial charge in [0.1, 0.15) is 0 Å². The largest absolute Gasteiger partial charge is 0.465 e. The average Bonchev–Trinajstić information content (AvgIpc) is 2.11. The summed E-state index contributed by atoms with van der Waals surface area (Å²) in [5, 5.41) is 8.65. The Morgan fingerprint density at radius 3 is 2.50 bits per heavy atom. The first-order valence-corrected chi connectivity index (χ1v) is 4.39. The minimum atomic E-state index is -0.169. The number of aliphatic hydroxyl groups excluding tert-OH is 1. The molecule has 3 nitrogen and oxygen atoms in total. The molecule has 0 aliphatic rings. The van der Waals surface area contributed by atoms with Gasteiger partial charge in [-0.2, -0.15) is 0 Å². The normalized spacial score (nSPS) is 15.3. The molecule has 72 valence electrons. The molecule has 0 aromatic carbocycles. The number of carbonyl (C=O) groups excluding carboxylic acids is 1. The predicted octanol–water partition coefficient (Wildman–Crippen LogP) is 1.20. The third-order valence-electron chi connectivity index (χ3n) is 1.84. The van der Waals surface area contributed by atoms with Gasteiger partial charge in [0.15, 0.2) is 0 Å². The minimum Gasteiger partial charge on any atom is -0.465 e. The van der Waals surface area contributed by atoms with Crippen molar-refractivity contribution in [2.75, 3.05) is 13.2 Å². The van der Waals surface area contributed by atoms with Gasteiger partial charge >= 0.3 is 5.97 Å². The molecule has 0 aromatic heterocycles. The van der Waals surface area contributed by atoms with Crippen LogP contribution in [-0.2, 0) is 9.53 Å². The lowest BCUT2D eigenvalue weighted by Crippen LogP contribution is -2.19. The molecule has 2 unspecified atom stereocenters. The Morgan fingerprint density at radius 1 is 1.50 bits per heavy atom. The molecule has 0 radical (unpaired) electrons. The number of hydrogen-bond acceptors (Lipinski definition) is 3. The Kier molecular flexibility index (Phi) is 5.72. The van der Waals surface area contributed by atoms with Crippen molar-refractivity contribution in [2.45, 2.75) is 27.2 Å². The molecule has 0 amide bonds. The summed E-state index contributed by atoms with van der Waals surface area (Å²) in [7, 11) is 0. The van der Waals surface area contributed by atoms with E-state index in [1.807, 2.05) is 20.8 Å². The van der Waals surface area contributed by atoms with E-state index < -0.39 is 0 Å². The smallest absolute Gasteiger partial charge is 0.308 e. The highest BCUT2D eigenvalue weighted by Crippen LogP contribution is 2.04. The van der Waals surface area contributed by atoms with Gasteiger partial charge in [0, 0.05) is 12.5 Å². The van der Waals surface area contributed by atoms with Crippen LogP contribution in [0.2, 0.25) is 0 Å². The summed E-state index contributed by atoms with van der Waals surface area (Å²) in [4.78, 5) is 11.1. The van der Waals surface area contributed by atoms with Crippen LogP contribution in [0.3, 0.4) is 0 Å². The molecular weight excluding hydrogens is 156 g/mol. The summed E-state index contributed by atoms with van der Waals surface area (Å²) < 4.78 is 4.95. The van der Waals surface area contributed by atoms with E-state index in [0.29, 0.717) is 6.61 Å². The maximum Gasteiger partial charge on any atom is 0.308 e. The van der Waals surface area contributed by atoms with Gasteiger partial charge in [0.05, 0.1) is 12.5 Å². The second-order valence-corrected chi connectivity index (χ2v) is 3.23. The molecule has 2 atom stereocenters. The van der Waals surface area contributed by atoms with Crippen molar-refractivity contribution < 1.29 is 14.6 Å². The van der Waals surface area contributed by atoms with Crippen LogP contribution in [0.25, 0.3) is 0 Å². The summed E-state index contributed by atoms with van der Waals surface area (Å²) in [6, 6.07) is 0. The molecule has 12 heavy (non-hydrogen) atoms. The van der Waals surface area contributed by atoms with E-state index in [9.17, 15) is 4.79 Å². The monoisotopic (exact) mass is 174 g/mol. The molecule has 0 aliphatic heterocycles. The van der Waals surface area contributed by atoms with Crippen molar-refractivity contribution in [2.24, 2.45) is 11.8 Å². The number of ether oxygens (including phenoxy) is 1. The van der Waals surface area contributed by atoms with Gasteiger partial charge in [-0.25, -0.2) is 0 Å². The van der Waals surface area contributed by atoms with E-state index in [1.165, 1.54) is 0 Å². The van der Waals surface area contributed by atoms with Crippen LogP contribution in [0.1, 0.15) is 27.2 Å². The fourth-order valence-corrected chi connectivity index (χ4v) is 0.586. The molecule has 0 saturated heterocycles. The third-order valence-corrected chi connectivity index (χ3v) is 1.84. The van der Waals surface area contributed by atoms with Gasteiger partial charge < -0.3 is 9.84 Å². The molecule has 0 heterocycles. The summed E-state index contributed by atoms with van der Waals surface area (Å²) in [6.45, 7) is 6.00. The number of rotatable bonds is 5.